The largest absolute Gasteiger partial charge is 0.230 e. The maximum Gasteiger partial charge on any atom is 0.230 e. The first kappa shape index (κ1) is 21.4. The molecule has 0 amide bonds. The molecule has 0 aliphatic heterocycles. The summed E-state index contributed by atoms with van der Waals surface area (Å²) < 4.78 is 1.33. The van der Waals surface area contributed by atoms with Crippen molar-refractivity contribution in [1.29, 1.82) is 0 Å². The molecule has 0 aromatic heterocycles. The van der Waals surface area contributed by atoms with Gasteiger partial charge in [0, 0.05) is 17.3 Å². The van der Waals surface area contributed by atoms with Gasteiger partial charge in [0.15, 0.2) is 11.0 Å². The number of thiocarbonyl (C=S) groups is 1. The molecule has 4 heteroatoms. The summed E-state index contributed by atoms with van der Waals surface area (Å²) in [6, 6.07) is 31.8. The molecule has 3 aromatic rings. The van der Waals surface area contributed by atoms with E-state index in [0.717, 1.165) is 21.5 Å². The number of thioether (sulfide) groups is 3. The van der Waals surface area contributed by atoms with E-state index in [1.807, 2.05) is 23.5 Å². The van der Waals surface area contributed by atoms with Crippen LogP contribution in [-0.4, -0.2) is 8.78 Å². The van der Waals surface area contributed by atoms with Crippen LogP contribution in [-0.2, 0) is 17.3 Å². The van der Waals surface area contributed by atoms with Gasteiger partial charge in [0.1, 0.15) is 0 Å². The molecule has 0 aliphatic carbocycles. The summed E-state index contributed by atoms with van der Waals surface area (Å²) in [6.45, 7) is 0. The fourth-order valence-corrected chi connectivity index (χ4v) is 6.28. The minimum Gasteiger partial charge on any atom is -0.0941 e. The Morgan fingerprint density at radius 1 is 0.643 bits per heavy atom. The van der Waals surface area contributed by atoms with Gasteiger partial charge in [0.05, 0.1) is 0 Å². The van der Waals surface area contributed by atoms with Crippen LogP contribution in [0.25, 0.3) is 0 Å². The molecule has 0 spiro atoms. The van der Waals surface area contributed by atoms with Crippen molar-refractivity contribution in [2.45, 2.75) is 21.8 Å². The van der Waals surface area contributed by atoms with Crippen LogP contribution in [0.1, 0.15) is 16.7 Å². The molecular weight excluding hydrogens is 417 g/mol. The van der Waals surface area contributed by atoms with Crippen molar-refractivity contribution in [3.63, 3.8) is 0 Å². The highest BCUT2D eigenvalue weighted by molar-refractivity contribution is 8.23. The third-order valence-electron chi connectivity index (χ3n) is 4.01. The second kappa shape index (κ2) is 12.3. The molecule has 0 radical (unpaired) electrons. The van der Waals surface area contributed by atoms with E-state index in [1.54, 1.807) is 11.8 Å². The first-order valence-electron chi connectivity index (χ1n) is 9.16. The first-order valence-corrected chi connectivity index (χ1v) is 12.7. The summed E-state index contributed by atoms with van der Waals surface area (Å²) in [4.78, 5) is 0. The van der Waals surface area contributed by atoms with Gasteiger partial charge in [-0.1, -0.05) is 126 Å². The Bertz CT molecular complexity index is 775. The Labute approximate surface area is 186 Å². The summed E-state index contributed by atoms with van der Waals surface area (Å²) in [5.41, 5.74) is 4.02. The summed E-state index contributed by atoms with van der Waals surface area (Å²) in [7, 11) is 0. The SMILES string of the molecule is S=C([CH+]C(SCc1ccccc1)SCc1ccccc1)SCc1ccccc1. The molecule has 0 saturated heterocycles. The Kier molecular flexibility index (Phi) is 9.38. The minimum atomic E-state index is 0.344. The molecule has 0 heterocycles. The topological polar surface area (TPSA) is 0 Å². The van der Waals surface area contributed by atoms with Crippen molar-refractivity contribution in [2.24, 2.45) is 0 Å². The lowest BCUT2D eigenvalue weighted by Gasteiger charge is -2.10. The third kappa shape index (κ3) is 7.96. The van der Waals surface area contributed by atoms with Gasteiger partial charge >= 0.3 is 0 Å². The van der Waals surface area contributed by atoms with Gasteiger partial charge in [-0.2, -0.15) is 0 Å². The van der Waals surface area contributed by atoms with E-state index in [9.17, 15) is 0 Å². The van der Waals surface area contributed by atoms with Crippen molar-refractivity contribution in [3.05, 3.63) is 114 Å². The monoisotopic (exact) mass is 439 g/mol. The smallest absolute Gasteiger partial charge is 0.0941 e. The van der Waals surface area contributed by atoms with Crippen LogP contribution in [0.5, 0.6) is 0 Å². The zero-order valence-corrected chi connectivity index (χ0v) is 18.8. The van der Waals surface area contributed by atoms with E-state index in [0.29, 0.717) is 4.58 Å². The Hall–Kier alpha value is -1.33. The van der Waals surface area contributed by atoms with E-state index < -0.39 is 0 Å². The highest BCUT2D eigenvalue weighted by Crippen LogP contribution is 2.33. The fourth-order valence-electron chi connectivity index (χ4n) is 2.54. The standard InChI is InChI=1S/C24H23S4/c25-23(26-17-20-10-4-1-5-11-20)16-24(27-18-21-12-6-2-7-13-21)28-19-22-14-8-3-9-15-22/h1-16,24H,17-19H2/q+1. The van der Waals surface area contributed by atoms with Crippen molar-refractivity contribution in [2.75, 3.05) is 0 Å². The van der Waals surface area contributed by atoms with Crippen molar-refractivity contribution < 1.29 is 0 Å². The molecule has 0 nitrogen and oxygen atoms in total. The second-order valence-corrected chi connectivity index (χ2v) is 10.5. The van der Waals surface area contributed by atoms with Gasteiger partial charge < -0.3 is 0 Å². The second-order valence-electron chi connectivity index (χ2n) is 6.22. The van der Waals surface area contributed by atoms with Gasteiger partial charge in [-0.05, 0) is 28.9 Å². The molecule has 0 aliphatic rings. The lowest BCUT2D eigenvalue weighted by Crippen LogP contribution is -2.06. The van der Waals surface area contributed by atoms with Gasteiger partial charge in [0.25, 0.3) is 0 Å². The summed E-state index contributed by atoms with van der Waals surface area (Å²) in [6.07, 6.45) is 2.25. The average molecular weight is 440 g/mol. The van der Waals surface area contributed by atoms with Crippen molar-refractivity contribution >= 4 is 51.7 Å². The normalized spacial score (nSPS) is 10.8. The summed E-state index contributed by atoms with van der Waals surface area (Å²) in [5.74, 6) is 2.92. The Morgan fingerprint density at radius 3 is 1.46 bits per heavy atom. The maximum absolute atomic E-state index is 5.67. The molecule has 0 fully saturated rings. The quantitative estimate of drug-likeness (QED) is 0.181. The van der Waals surface area contributed by atoms with E-state index in [-0.39, 0.29) is 0 Å². The van der Waals surface area contributed by atoms with Crippen LogP contribution in [0.15, 0.2) is 91.0 Å². The van der Waals surface area contributed by atoms with Crippen LogP contribution in [0.3, 0.4) is 0 Å². The predicted molar refractivity (Wildman–Crippen MR) is 134 cm³/mol. The molecule has 0 N–H and O–H groups in total. The average Bonchev–Trinajstić information content (AvgIpc) is 2.76. The van der Waals surface area contributed by atoms with E-state index in [1.165, 1.54) is 16.7 Å². The number of hydrogen-bond donors (Lipinski definition) is 0. The molecule has 0 saturated carbocycles. The highest BCUT2D eigenvalue weighted by Gasteiger charge is 2.23. The molecule has 0 atom stereocenters. The van der Waals surface area contributed by atoms with Gasteiger partial charge in [-0.15, -0.1) is 0 Å². The minimum absolute atomic E-state index is 0.344. The van der Waals surface area contributed by atoms with E-state index in [4.69, 9.17) is 12.2 Å². The molecule has 3 aromatic carbocycles. The third-order valence-corrected chi connectivity index (χ3v) is 8.14. The summed E-state index contributed by atoms with van der Waals surface area (Å²) >= 11 is 11.3. The van der Waals surface area contributed by atoms with E-state index in [2.05, 4.69) is 97.4 Å². The van der Waals surface area contributed by atoms with Crippen LogP contribution in [0, 0.1) is 6.42 Å². The lowest BCUT2D eigenvalue weighted by molar-refractivity contribution is 1.38. The number of rotatable bonds is 10. The van der Waals surface area contributed by atoms with Crippen molar-refractivity contribution in [3.8, 4) is 0 Å². The highest BCUT2D eigenvalue weighted by atomic mass is 32.2. The zero-order chi connectivity index (χ0) is 19.4. The molecule has 28 heavy (non-hydrogen) atoms. The Balaban J connectivity index is 1.53. The van der Waals surface area contributed by atoms with Gasteiger partial charge in [-0.3, -0.25) is 0 Å². The molecular formula is C24H23S4+. The first-order chi connectivity index (χ1) is 13.8. The summed E-state index contributed by atoms with van der Waals surface area (Å²) in [5, 5.41) is 0. The molecule has 3 rings (SSSR count). The maximum atomic E-state index is 5.67. The number of hydrogen-bond acceptors (Lipinski definition) is 4. The van der Waals surface area contributed by atoms with Crippen LogP contribution >= 0.6 is 47.5 Å². The number of benzene rings is 3. The van der Waals surface area contributed by atoms with Gasteiger partial charge in [-0.25, -0.2) is 0 Å². The van der Waals surface area contributed by atoms with Gasteiger partial charge in [0.2, 0.25) is 4.20 Å². The van der Waals surface area contributed by atoms with Crippen LogP contribution in [0.2, 0.25) is 0 Å². The zero-order valence-electron chi connectivity index (χ0n) is 15.6. The fraction of sp³-hybridized carbons (Fsp3) is 0.167. The predicted octanol–water partition coefficient (Wildman–Crippen LogP) is 7.64. The van der Waals surface area contributed by atoms with E-state index >= 15 is 0 Å². The Morgan fingerprint density at radius 2 is 1.04 bits per heavy atom. The van der Waals surface area contributed by atoms with Crippen LogP contribution < -0.4 is 0 Å². The lowest BCUT2D eigenvalue weighted by atomic mass is 10.2. The molecule has 0 bridgehead atoms. The molecule has 142 valence electrons. The molecule has 0 unspecified atom stereocenters. The van der Waals surface area contributed by atoms with Crippen LogP contribution in [0.4, 0.5) is 0 Å². The van der Waals surface area contributed by atoms with Crippen molar-refractivity contribution in [1.82, 2.24) is 0 Å².